The predicted molar refractivity (Wildman–Crippen MR) is 101 cm³/mol. The Balaban J connectivity index is 0.00000225. The molecule has 1 saturated carbocycles. The summed E-state index contributed by atoms with van der Waals surface area (Å²) in [7, 11) is 0. The summed E-state index contributed by atoms with van der Waals surface area (Å²) in [6, 6.07) is 7.74. The average molecular weight is 367 g/mol. The number of hydrogen-bond acceptors (Lipinski definition) is 3. The number of carbonyl (C=O) groups excluding carboxylic acids is 2. The zero-order chi connectivity index (χ0) is 16.9. The first-order valence-electron chi connectivity index (χ1n) is 8.80. The van der Waals surface area contributed by atoms with Gasteiger partial charge in [0.1, 0.15) is 0 Å². The number of anilines is 1. The van der Waals surface area contributed by atoms with E-state index in [1.165, 1.54) is 0 Å². The second kappa shape index (κ2) is 9.06. The van der Waals surface area contributed by atoms with Crippen LogP contribution < -0.4 is 16.4 Å². The quantitative estimate of drug-likeness (QED) is 0.765. The molecule has 6 nitrogen and oxygen atoms in total. The largest absolute Gasteiger partial charge is 0.352 e. The van der Waals surface area contributed by atoms with Crippen molar-refractivity contribution in [3.63, 3.8) is 0 Å². The molecule has 7 heteroatoms. The summed E-state index contributed by atoms with van der Waals surface area (Å²) in [5.74, 6) is 0.118. The minimum atomic E-state index is -0.0476. The molecule has 0 aromatic heterocycles. The first-order valence-corrected chi connectivity index (χ1v) is 8.80. The summed E-state index contributed by atoms with van der Waals surface area (Å²) in [6.07, 6.45) is 4.72. The van der Waals surface area contributed by atoms with Crippen molar-refractivity contribution in [1.82, 2.24) is 10.2 Å². The Hall–Kier alpha value is -1.79. The fourth-order valence-corrected chi connectivity index (χ4v) is 3.47. The summed E-state index contributed by atoms with van der Waals surface area (Å²) in [5, 5.41) is 5.91. The van der Waals surface area contributed by atoms with E-state index in [0.29, 0.717) is 6.54 Å². The van der Waals surface area contributed by atoms with Crippen LogP contribution in [0.3, 0.4) is 0 Å². The molecule has 138 valence electrons. The van der Waals surface area contributed by atoms with Gasteiger partial charge in [-0.3, -0.25) is 4.79 Å². The van der Waals surface area contributed by atoms with Gasteiger partial charge in [-0.05, 0) is 49.8 Å². The molecule has 1 aromatic carbocycles. The van der Waals surface area contributed by atoms with Crippen molar-refractivity contribution in [2.75, 3.05) is 18.4 Å². The predicted octanol–water partition coefficient (Wildman–Crippen LogP) is 2.48. The number of rotatable bonds is 4. The van der Waals surface area contributed by atoms with Crippen LogP contribution in [-0.2, 0) is 11.3 Å². The van der Waals surface area contributed by atoms with Crippen LogP contribution in [0.1, 0.15) is 37.7 Å². The van der Waals surface area contributed by atoms with E-state index in [9.17, 15) is 9.59 Å². The first kappa shape index (κ1) is 19.5. The molecule has 1 aliphatic carbocycles. The Kier molecular flexibility index (Phi) is 7.08. The third-order valence-corrected chi connectivity index (χ3v) is 4.88. The van der Waals surface area contributed by atoms with Crippen LogP contribution in [0.25, 0.3) is 0 Å². The molecule has 1 aliphatic heterocycles. The lowest BCUT2D eigenvalue weighted by Crippen LogP contribution is -2.32. The summed E-state index contributed by atoms with van der Waals surface area (Å²) in [6.45, 7) is 2.12. The highest BCUT2D eigenvalue weighted by atomic mass is 35.5. The lowest BCUT2D eigenvalue weighted by Gasteiger charge is -2.16. The highest BCUT2D eigenvalue weighted by Crippen LogP contribution is 2.24. The molecule has 0 radical (unpaired) electrons. The van der Waals surface area contributed by atoms with E-state index < -0.39 is 0 Å². The van der Waals surface area contributed by atoms with E-state index in [0.717, 1.165) is 56.4 Å². The molecule has 2 unspecified atom stereocenters. The minimum absolute atomic E-state index is 0. The number of benzene rings is 1. The van der Waals surface area contributed by atoms with Gasteiger partial charge in [-0.15, -0.1) is 12.4 Å². The topological polar surface area (TPSA) is 87.5 Å². The number of carbonyl (C=O) groups is 2. The lowest BCUT2D eigenvalue weighted by atomic mass is 10.1. The van der Waals surface area contributed by atoms with Gasteiger partial charge in [0.05, 0.1) is 0 Å². The molecule has 2 aliphatic rings. The maximum absolute atomic E-state index is 12.2. The van der Waals surface area contributed by atoms with E-state index >= 15 is 0 Å². The second-order valence-electron chi connectivity index (χ2n) is 6.81. The maximum Gasteiger partial charge on any atom is 0.321 e. The van der Waals surface area contributed by atoms with Gasteiger partial charge >= 0.3 is 6.03 Å². The molecule has 2 fully saturated rings. The molecule has 1 heterocycles. The maximum atomic E-state index is 12.2. The zero-order valence-electron chi connectivity index (χ0n) is 14.4. The molecule has 1 aromatic rings. The summed E-state index contributed by atoms with van der Waals surface area (Å²) >= 11 is 0. The normalized spacial score (nSPS) is 22.4. The molecular formula is C18H27ClN4O2. The van der Waals surface area contributed by atoms with E-state index in [1.54, 1.807) is 0 Å². The number of hydrogen-bond donors (Lipinski definition) is 3. The third-order valence-electron chi connectivity index (χ3n) is 4.88. The Labute approximate surface area is 154 Å². The molecule has 0 spiro atoms. The number of amides is 3. The van der Waals surface area contributed by atoms with Gasteiger partial charge in [-0.25, -0.2) is 4.79 Å². The molecule has 0 bridgehead atoms. The van der Waals surface area contributed by atoms with Crippen molar-refractivity contribution in [3.05, 3.63) is 29.8 Å². The number of nitrogens with one attached hydrogen (secondary N) is 2. The summed E-state index contributed by atoms with van der Waals surface area (Å²) < 4.78 is 0. The second-order valence-corrected chi connectivity index (χ2v) is 6.81. The molecule has 1 saturated heterocycles. The molecule has 25 heavy (non-hydrogen) atoms. The van der Waals surface area contributed by atoms with Gasteiger partial charge in [0.25, 0.3) is 0 Å². The smallest absolute Gasteiger partial charge is 0.321 e. The van der Waals surface area contributed by atoms with Crippen LogP contribution in [0.5, 0.6) is 0 Å². The molecule has 3 amide bonds. The molecule has 2 atom stereocenters. The van der Waals surface area contributed by atoms with Gasteiger partial charge in [0.2, 0.25) is 5.91 Å². The Bertz CT molecular complexity index is 604. The average Bonchev–Trinajstić information content (AvgIpc) is 3.24. The zero-order valence-corrected chi connectivity index (χ0v) is 15.2. The van der Waals surface area contributed by atoms with Crippen molar-refractivity contribution in [3.8, 4) is 0 Å². The SMILES string of the molecule is Cl.NC1CCC(C(=O)NCc2cccc(NC(=O)N3CCCC3)c2)C1. The standard InChI is InChI=1S/C18H26N4O2.ClH/c19-15-7-6-14(11-15)17(23)20-12-13-4-3-5-16(10-13)21-18(24)22-8-1-2-9-22;/h3-5,10,14-15H,1-2,6-9,11-12,19H2,(H,20,23)(H,21,24);1H. The number of halogens is 1. The Morgan fingerprint density at radius 2 is 1.96 bits per heavy atom. The van der Waals surface area contributed by atoms with E-state index in [1.807, 2.05) is 29.2 Å². The van der Waals surface area contributed by atoms with Crippen LogP contribution in [0.2, 0.25) is 0 Å². The van der Waals surface area contributed by atoms with Crippen molar-refractivity contribution in [2.24, 2.45) is 11.7 Å². The van der Waals surface area contributed by atoms with Crippen LogP contribution in [0, 0.1) is 5.92 Å². The molecular weight excluding hydrogens is 340 g/mol. The van der Waals surface area contributed by atoms with Crippen LogP contribution in [0.4, 0.5) is 10.5 Å². The van der Waals surface area contributed by atoms with Crippen molar-refractivity contribution in [1.29, 1.82) is 0 Å². The van der Waals surface area contributed by atoms with Crippen molar-refractivity contribution in [2.45, 2.75) is 44.7 Å². The monoisotopic (exact) mass is 366 g/mol. The van der Waals surface area contributed by atoms with Crippen molar-refractivity contribution < 1.29 is 9.59 Å². The van der Waals surface area contributed by atoms with E-state index in [-0.39, 0.29) is 36.3 Å². The fraction of sp³-hybridized carbons (Fsp3) is 0.556. The van der Waals surface area contributed by atoms with E-state index in [4.69, 9.17) is 5.73 Å². The molecule has 3 rings (SSSR count). The van der Waals surface area contributed by atoms with Gasteiger partial charge in [-0.1, -0.05) is 12.1 Å². The number of urea groups is 1. The van der Waals surface area contributed by atoms with Gasteiger partial charge < -0.3 is 21.3 Å². The molecule has 4 N–H and O–H groups in total. The van der Waals surface area contributed by atoms with E-state index in [2.05, 4.69) is 10.6 Å². The lowest BCUT2D eigenvalue weighted by molar-refractivity contribution is -0.125. The first-order chi connectivity index (χ1) is 11.6. The summed E-state index contributed by atoms with van der Waals surface area (Å²) in [5.41, 5.74) is 7.61. The van der Waals surface area contributed by atoms with Crippen LogP contribution >= 0.6 is 12.4 Å². The minimum Gasteiger partial charge on any atom is -0.352 e. The fourth-order valence-electron chi connectivity index (χ4n) is 3.47. The van der Waals surface area contributed by atoms with Crippen LogP contribution in [0.15, 0.2) is 24.3 Å². The highest BCUT2D eigenvalue weighted by Gasteiger charge is 2.27. The third kappa shape index (κ3) is 5.34. The van der Waals surface area contributed by atoms with Gasteiger partial charge in [-0.2, -0.15) is 0 Å². The number of nitrogens with zero attached hydrogens (tertiary/aromatic N) is 1. The Morgan fingerprint density at radius 3 is 2.64 bits per heavy atom. The highest BCUT2D eigenvalue weighted by molar-refractivity contribution is 5.89. The number of nitrogens with two attached hydrogens (primary N) is 1. The van der Waals surface area contributed by atoms with Crippen molar-refractivity contribution >= 4 is 30.0 Å². The van der Waals surface area contributed by atoms with Crippen LogP contribution in [-0.4, -0.2) is 36.0 Å². The number of likely N-dealkylation sites (tertiary alicyclic amines) is 1. The summed E-state index contributed by atoms with van der Waals surface area (Å²) in [4.78, 5) is 26.1. The van der Waals surface area contributed by atoms with Gasteiger partial charge in [0, 0.05) is 37.3 Å². The van der Waals surface area contributed by atoms with Gasteiger partial charge in [0.15, 0.2) is 0 Å². The Morgan fingerprint density at radius 1 is 1.20 bits per heavy atom.